The van der Waals surface area contributed by atoms with Crippen molar-refractivity contribution in [3.8, 4) is 0 Å². The topological polar surface area (TPSA) is 471 Å². The number of imide groups is 1. The lowest BCUT2D eigenvalue weighted by Crippen LogP contribution is -2.70. The molecule has 8 heterocycles. The maximum Gasteiger partial charge on any atom is 0.303 e. The van der Waals surface area contributed by atoms with Gasteiger partial charge in [0.25, 0.3) is 11.8 Å². The minimum atomic E-state index is -2.06. The molecule has 8 aliphatic heterocycles. The molecule has 0 saturated carbocycles. The van der Waals surface area contributed by atoms with E-state index in [9.17, 15) is 43.2 Å². The zero-order valence-corrected chi connectivity index (χ0v) is 76.1. The predicted molar refractivity (Wildman–Crippen MR) is 428 cm³/mol. The van der Waals surface area contributed by atoms with E-state index in [1.807, 2.05) is 37.3 Å². The molecule has 10 rings (SSSR count). The van der Waals surface area contributed by atoms with E-state index in [2.05, 4.69) is 0 Å². The Morgan fingerprint density at radius 2 is 0.543 bits per heavy atom. The lowest BCUT2D eigenvalue weighted by atomic mass is 9.94. The van der Waals surface area contributed by atoms with Gasteiger partial charge in [0.15, 0.2) is 68.3 Å². The van der Waals surface area contributed by atoms with Crippen molar-refractivity contribution in [3.63, 3.8) is 0 Å². The molecule has 7 saturated heterocycles. The second-order valence-corrected chi connectivity index (χ2v) is 31.4. The average molecular weight is 1850 g/mol. The first-order valence-corrected chi connectivity index (χ1v) is 41.9. The van der Waals surface area contributed by atoms with Gasteiger partial charge < -0.3 is 161 Å². The van der Waals surface area contributed by atoms with Crippen LogP contribution < -0.4 is 0 Å². The number of nitrogens with zero attached hydrogens (tertiary/aromatic N) is 1. The Morgan fingerprint density at radius 3 is 0.868 bits per heavy atom. The molecule has 2 aromatic rings. The highest BCUT2D eigenvalue weighted by Crippen LogP contribution is 2.44. The van der Waals surface area contributed by atoms with Crippen molar-refractivity contribution in [1.82, 2.24) is 4.90 Å². The summed E-state index contributed by atoms with van der Waals surface area (Å²) in [4.78, 5) is 122. The van der Waals surface area contributed by atoms with Crippen molar-refractivity contribution >= 4 is 53.6 Å². The fourth-order valence-corrected chi connectivity index (χ4v) is 17.5. The van der Waals surface area contributed by atoms with Gasteiger partial charge in [-0.2, -0.15) is 0 Å². The van der Waals surface area contributed by atoms with Crippen molar-refractivity contribution in [1.29, 1.82) is 0 Å². The van der Waals surface area contributed by atoms with Gasteiger partial charge in [-0.25, -0.2) is 0 Å². The Kier molecular flexibility index (Phi) is 39.6. The standard InChI is InChI=1S/C85H123NO43/c1-39-57(99-12)65(100-13)62(54(112-39)36-109-32-47-27-23-22-24-28-47)128-83-75(108-21)69(104-17)61(53(121-83)35-98-11)127-82-74(107-20)68(103-16)60(52(120-82)34-97-10)126-81-73(106-19)67(102-15)59(51(119-81)33-96-9)125-80-72(105-18)66(101-14)58(50(118-80)31-86-78(94)48-29-25-26-30-49(48)79(86)95)124-84-77(117-46(8)93)71(115-44(6)91)64(56(123-84)38-111-41(3)88)129-85-76(116-45(7)92)70(114-43(5)90)63(113-42(4)89)55(122-85)37-110-40(2)87/h22-30,39,50-77,80-85H,31-38H2,1-21H3/t39-,50?,51?,52+,53+,54?,55+,56+,57?,58-,59-,60+,61+,62-,63-,64+,65+,66-,67-,68?,69?,70?,71?,72?,73?,74?,75?,76?,77?,80-,81-,82+,83+,84+,85+/m0/s1. The van der Waals surface area contributed by atoms with E-state index in [0.717, 1.165) is 58.9 Å². The third kappa shape index (κ3) is 25.1. The van der Waals surface area contributed by atoms with Crippen LogP contribution in [-0.4, -0.2) is 412 Å². The predicted octanol–water partition coefficient (Wildman–Crippen LogP) is 0.821. The molecule has 35 atom stereocenters. The van der Waals surface area contributed by atoms with Crippen LogP contribution in [0, 0.1) is 0 Å². The molecule has 0 bridgehead atoms. The molecule has 0 aliphatic carbocycles. The Bertz CT molecular complexity index is 3890. The fraction of sp³-hybridized carbons (Fsp3) is 0.753. The lowest BCUT2D eigenvalue weighted by molar-refractivity contribution is -0.401. The number of hydrogen-bond acceptors (Lipinski definition) is 43. The molecule has 44 heteroatoms. The zero-order valence-electron chi connectivity index (χ0n) is 76.1. The van der Waals surface area contributed by atoms with E-state index in [1.165, 1.54) is 90.3 Å². The van der Waals surface area contributed by atoms with E-state index < -0.39 is 288 Å². The average Bonchev–Trinajstić information content (AvgIpc) is 1.00. The van der Waals surface area contributed by atoms with Gasteiger partial charge in [0.05, 0.1) is 56.8 Å². The molecule has 14 unspecified atom stereocenters. The van der Waals surface area contributed by atoms with E-state index in [0.29, 0.717) is 6.61 Å². The SMILES string of the molecule is COCC1O[C@@H](O[C@H]2C(OC)C(OC)[C@@H](O[C@H]3C(OC)C(OC)[C@@H](O[C@H]4C(COCc5ccccc5)O[C@@H](C)C(OC)[C@H]4OC)O[C@@H]3COC)O[C@@H]2COC)C(OC)[C@@H](OC)[C@H]1O[C@@H]1OC(CN2C(=O)c3ccccc3C2=O)[C@H](O[C@H]2O[C@H](COC(C)=O)[C@@H](O[C@H]3O[C@H](COC(C)=O)[C@H](OC(C)=O)C(OC(C)=O)C3OC(C)=O)C(OC(C)=O)C2OC(C)=O)[C@H](OC)C1OC. The largest absolute Gasteiger partial charge is 0.463 e. The highest BCUT2D eigenvalue weighted by molar-refractivity contribution is 6.21. The van der Waals surface area contributed by atoms with Crippen LogP contribution in [0.2, 0.25) is 0 Å². The monoisotopic (exact) mass is 1850 g/mol. The first-order valence-electron chi connectivity index (χ1n) is 41.9. The Labute approximate surface area is 746 Å². The summed E-state index contributed by atoms with van der Waals surface area (Å²) in [6.45, 7) is 6.63. The van der Waals surface area contributed by atoms with Gasteiger partial charge in [0.2, 0.25) is 0 Å². The molecule has 7 fully saturated rings. The molecule has 0 aromatic heterocycles. The fourth-order valence-electron chi connectivity index (χ4n) is 17.5. The van der Waals surface area contributed by atoms with E-state index in [-0.39, 0.29) is 37.6 Å². The van der Waals surface area contributed by atoms with Crippen molar-refractivity contribution < 1.29 is 204 Å². The molecular weight excluding hydrogens is 1720 g/mol. The number of hydrogen-bond donors (Lipinski definition) is 0. The third-order valence-corrected chi connectivity index (χ3v) is 22.9. The van der Waals surface area contributed by atoms with Crippen LogP contribution in [0.4, 0.5) is 0 Å². The number of esters is 7. The summed E-state index contributed by atoms with van der Waals surface area (Å²) in [6, 6.07) is 15.7. The second-order valence-electron chi connectivity index (χ2n) is 31.4. The third-order valence-electron chi connectivity index (χ3n) is 22.9. The van der Waals surface area contributed by atoms with Gasteiger partial charge in [-0.05, 0) is 24.6 Å². The molecule has 0 spiro atoms. The molecule has 0 radical (unpaired) electrons. The first kappa shape index (κ1) is 104. The van der Waals surface area contributed by atoms with Gasteiger partial charge in [-0.1, -0.05) is 42.5 Å². The summed E-state index contributed by atoms with van der Waals surface area (Å²) >= 11 is 0. The number of carbonyl (C=O) groups is 9. The summed E-state index contributed by atoms with van der Waals surface area (Å²) < 4.78 is 215. The molecule has 8 aliphatic rings. The normalized spacial score (nSPS) is 37.1. The zero-order chi connectivity index (χ0) is 93.8. The van der Waals surface area contributed by atoms with Gasteiger partial charge in [0, 0.05) is 141 Å². The molecule has 726 valence electrons. The maximum absolute atomic E-state index is 14.6. The van der Waals surface area contributed by atoms with Gasteiger partial charge in [0.1, 0.15) is 154 Å². The number of fused-ring (bicyclic) bond motifs is 1. The summed E-state index contributed by atoms with van der Waals surface area (Å²) in [5.41, 5.74) is 1.01. The van der Waals surface area contributed by atoms with Crippen LogP contribution in [0.5, 0.6) is 0 Å². The first-order chi connectivity index (χ1) is 61.9. The highest BCUT2D eigenvalue weighted by Gasteiger charge is 2.63. The van der Waals surface area contributed by atoms with Crippen LogP contribution in [-0.2, 0) is 201 Å². The molecular formula is C85H123NO43. The van der Waals surface area contributed by atoms with Gasteiger partial charge in [-0.15, -0.1) is 0 Å². The number of methoxy groups -OCH3 is 13. The Hall–Kier alpha value is -7.21. The molecule has 2 aromatic carbocycles. The van der Waals surface area contributed by atoms with Crippen molar-refractivity contribution in [2.75, 3.05) is 139 Å². The quantitative estimate of drug-likeness (QED) is 0.0504. The number of rotatable bonds is 43. The lowest BCUT2D eigenvalue weighted by Gasteiger charge is -2.52. The molecule has 2 amide bonds. The molecule has 0 N–H and O–H groups in total. The minimum Gasteiger partial charge on any atom is -0.463 e. The van der Waals surface area contributed by atoms with Crippen LogP contribution in [0.25, 0.3) is 0 Å². The summed E-state index contributed by atoms with van der Waals surface area (Å²) in [5.74, 6) is -8.39. The van der Waals surface area contributed by atoms with Crippen LogP contribution >= 0.6 is 0 Å². The number of ether oxygens (including phenoxy) is 34. The summed E-state index contributed by atoms with van der Waals surface area (Å²) in [5, 5.41) is 0. The molecule has 129 heavy (non-hydrogen) atoms. The smallest absolute Gasteiger partial charge is 0.303 e. The number of benzene rings is 2. The van der Waals surface area contributed by atoms with Gasteiger partial charge >= 0.3 is 41.8 Å². The summed E-state index contributed by atoms with van der Waals surface area (Å²) in [6.07, 6.45) is -47.5. The summed E-state index contributed by atoms with van der Waals surface area (Å²) in [7, 11) is 18.6. The van der Waals surface area contributed by atoms with Crippen LogP contribution in [0.15, 0.2) is 54.6 Å². The van der Waals surface area contributed by atoms with E-state index in [4.69, 9.17) is 161 Å². The van der Waals surface area contributed by atoms with Crippen molar-refractivity contribution in [2.24, 2.45) is 0 Å². The van der Waals surface area contributed by atoms with E-state index in [1.54, 1.807) is 26.4 Å². The van der Waals surface area contributed by atoms with Crippen LogP contribution in [0.1, 0.15) is 81.7 Å². The Balaban J connectivity index is 0.944. The highest BCUT2D eigenvalue weighted by atomic mass is 16.8. The van der Waals surface area contributed by atoms with Crippen molar-refractivity contribution in [2.45, 2.75) is 277 Å². The second kappa shape index (κ2) is 49.2. The van der Waals surface area contributed by atoms with Crippen LogP contribution in [0.3, 0.4) is 0 Å². The maximum atomic E-state index is 14.6. The Morgan fingerprint density at radius 1 is 0.279 bits per heavy atom. The van der Waals surface area contributed by atoms with E-state index >= 15 is 0 Å². The van der Waals surface area contributed by atoms with Gasteiger partial charge in [-0.3, -0.25) is 48.1 Å². The molecule has 44 nitrogen and oxygen atoms in total. The van der Waals surface area contributed by atoms with Crippen molar-refractivity contribution in [3.05, 3.63) is 71.3 Å². The number of carbonyl (C=O) groups excluding carboxylic acids is 9. The minimum absolute atomic E-state index is 0.0300. The number of amides is 2.